The van der Waals surface area contributed by atoms with E-state index in [9.17, 15) is 4.79 Å². The molecule has 0 aliphatic rings. The Morgan fingerprint density at radius 3 is 2.65 bits per heavy atom. The highest BCUT2D eigenvalue weighted by Crippen LogP contribution is 2.27. The van der Waals surface area contributed by atoms with Crippen LogP contribution in [0.2, 0.25) is 0 Å². The van der Waals surface area contributed by atoms with Gasteiger partial charge in [-0.3, -0.25) is 4.79 Å². The first kappa shape index (κ1) is 14.9. The van der Waals surface area contributed by atoms with Crippen LogP contribution in [0.4, 0.5) is 5.69 Å². The maximum atomic E-state index is 12.3. The van der Waals surface area contributed by atoms with Crippen LogP contribution in [-0.2, 0) is 0 Å². The summed E-state index contributed by atoms with van der Waals surface area (Å²) in [6.45, 7) is 0. The first-order chi connectivity index (χ1) is 9.65. The molecule has 0 spiro atoms. The predicted octanol–water partition coefficient (Wildman–Crippen LogP) is 4.43. The number of methoxy groups -OCH3 is 1. The van der Waals surface area contributed by atoms with E-state index in [0.29, 0.717) is 11.3 Å². The summed E-state index contributed by atoms with van der Waals surface area (Å²) in [7, 11) is 1.59. The van der Waals surface area contributed by atoms with E-state index in [-0.39, 0.29) is 5.91 Å². The molecule has 3 nitrogen and oxygen atoms in total. The van der Waals surface area contributed by atoms with Crippen LogP contribution >= 0.6 is 27.7 Å². The minimum Gasteiger partial charge on any atom is -0.496 e. The molecule has 0 bridgehead atoms. The van der Waals surface area contributed by atoms with Crippen molar-refractivity contribution in [1.82, 2.24) is 0 Å². The highest BCUT2D eigenvalue weighted by Gasteiger charge is 2.10. The minimum atomic E-state index is -0.144. The van der Waals surface area contributed by atoms with Gasteiger partial charge in [0.25, 0.3) is 5.91 Å². The van der Waals surface area contributed by atoms with Crippen molar-refractivity contribution in [3.8, 4) is 5.75 Å². The average Bonchev–Trinajstić information content (AvgIpc) is 2.47. The Morgan fingerprint density at radius 2 is 2.00 bits per heavy atom. The summed E-state index contributed by atoms with van der Waals surface area (Å²) < 4.78 is 5.91. The molecule has 2 rings (SSSR count). The fourth-order valence-electron chi connectivity index (χ4n) is 1.75. The number of ether oxygens (including phenoxy) is 1. The van der Waals surface area contributed by atoms with Crippen LogP contribution in [0.1, 0.15) is 10.4 Å². The van der Waals surface area contributed by atoms with Crippen molar-refractivity contribution in [2.45, 2.75) is 4.90 Å². The van der Waals surface area contributed by atoms with E-state index in [1.165, 1.54) is 0 Å². The molecule has 0 heterocycles. The third-order valence-electron chi connectivity index (χ3n) is 2.77. The Hall–Kier alpha value is -1.46. The molecule has 5 heteroatoms. The molecule has 0 aromatic heterocycles. The maximum absolute atomic E-state index is 12.3. The van der Waals surface area contributed by atoms with Crippen LogP contribution < -0.4 is 10.1 Å². The summed E-state index contributed by atoms with van der Waals surface area (Å²) in [5.74, 6) is 0.556. The van der Waals surface area contributed by atoms with Gasteiger partial charge in [0.1, 0.15) is 5.75 Å². The molecule has 2 aromatic rings. The topological polar surface area (TPSA) is 38.3 Å². The van der Waals surface area contributed by atoms with Crippen LogP contribution in [0.25, 0.3) is 0 Å². The summed E-state index contributed by atoms with van der Waals surface area (Å²) in [5, 5.41) is 2.92. The highest BCUT2D eigenvalue weighted by molar-refractivity contribution is 9.10. The SMILES string of the molecule is COc1ccc(C(=O)Nc2ccccc2SC)cc1Br. The monoisotopic (exact) mass is 351 g/mol. The van der Waals surface area contributed by atoms with Crippen LogP contribution in [-0.4, -0.2) is 19.3 Å². The summed E-state index contributed by atoms with van der Waals surface area (Å²) in [5.41, 5.74) is 1.39. The van der Waals surface area contributed by atoms with Gasteiger partial charge in [-0.2, -0.15) is 0 Å². The van der Waals surface area contributed by atoms with Crippen molar-refractivity contribution in [3.63, 3.8) is 0 Å². The first-order valence-electron chi connectivity index (χ1n) is 5.93. The van der Waals surface area contributed by atoms with Crippen LogP contribution in [0.3, 0.4) is 0 Å². The zero-order valence-electron chi connectivity index (χ0n) is 11.1. The first-order valence-corrected chi connectivity index (χ1v) is 7.95. The minimum absolute atomic E-state index is 0.144. The van der Waals surface area contributed by atoms with Crippen molar-refractivity contribution in [2.75, 3.05) is 18.7 Å². The number of halogens is 1. The van der Waals surface area contributed by atoms with Gasteiger partial charge in [-0.05, 0) is 52.5 Å². The van der Waals surface area contributed by atoms with Gasteiger partial charge in [0, 0.05) is 10.5 Å². The predicted molar refractivity (Wildman–Crippen MR) is 86.9 cm³/mol. The zero-order valence-corrected chi connectivity index (χ0v) is 13.5. The van der Waals surface area contributed by atoms with E-state index in [2.05, 4.69) is 21.2 Å². The molecule has 0 radical (unpaired) electrons. The van der Waals surface area contributed by atoms with Gasteiger partial charge in [0.2, 0.25) is 0 Å². The van der Waals surface area contributed by atoms with Gasteiger partial charge in [-0.1, -0.05) is 12.1 Å². The van der Waals surface area contributed by atoms with Crippen LogP contribution in [0, 0.1) is 0 Å². The number of benzene rings is 2. The van der Waals surface area contributed by atoms with Crippen molar-refractivity contribution in [1.29, 1.82) is 0 Å². The molecule has 20 heavy (non-hydrogen) atoms. The Bertz CT molecular complexity index is 631. The number of nitrogens with one attached hydrogen (secondary N) is 1. The molecule has 0 fully saturated rings. The lowest BCUT2D eigenvalue weighted by Gasteiger charge is -2.10. The fraction of sp³-hybridized carbons (Fsp3) is 0.133. The summed E-state index contributed by atoms with van der Waals surface area (Å²) in [4.78, 5) is 13.3. The molecule has 1 N–H and O–H groups in total. The lowest BCUT2D eigenvalue weighted by atomic mass is 10.2. The molecule has 0 atom stereocenters. The number of rotatable bonds is 4. The molecular weight excluding hydrogens is 338 g/mol. The average molecular weight is 352 g/mol. The molecule has 0 saturated heterocycles. The van der Waals surface area contributed by atoms with E-state index < -0.39 is 0 Å². The standard InChI is InChI=1S/C15H14BrNO2S/c1-19-13-8-7-10(9-11(13)16)15(18)17-12-5-3-4-6-14(12)20-2/h3-9H,1-2H3,(H,17,18). The second-order valence-corrected chi connectivity index (χ2v) is 5.71. The largest absolute Gasteiger partial charge is 0.496 e. The van der Waals surface area contributed by atoms with Gasteiger partial charge in [-0.25, -0.2) is 0 Å². The Morgan fingerprint density at radius 1 is 1.25 bits per heavy atom. The number of carbonyl (C=O) groups is 1. The number of hydrogen-bond acceptors (Lipinski definition) is 3. The third kappa shape index (κ3) is 3.35. The molecule has 0 aliphatic heterocycles. The smallest absolute Gasteiger partial charge is 0.255 e. The van der Waals surface area contributed by atoms with E-state index in [0.717, 1.165) is 15.1 Å². The van der Waals surface area contributed by atoms with Gasteiger partial charge < -0.3 is 10.1 Å². The van der Waals surface area contributed by atoms with E-state index in [4.69, 9.17) is 4.74 Å². The van der Waals surface area contributed by atoms with Crippen molar-refractivity contribution in [2.24, 2.45) is 0 Å². The lowest BCUT2D eigenvalue weighted by molar-refractivity contribution is 0.102. The van der Waals surface area contributed by atoms with Crippen molar-refractivity contribution in [3.05, 3.63) is 52.5 Å². The molecule has 0 aliphatic carbocycles. The van der Waals surface area contributed by atoms with Crippen LogP contribution in [0.5, 0.6) is 5.75 Å². The number of hydrogen-bond donors (Lipinski definition) is 1. The maximum Gasteiger partial charge on any atom is 0.255 e. The van der Waals surface area contributed by atoms with E-state index >= 15 is 0 Å². The van der Waals surface area contributed by atoms with Crippen molar-refractivity contribution < 1.29 is 9.53 Å². The lowest BCUT2D eigenvalue weighted by Crippen LogP contribution is -2.12. The second kappa shape index (κ2) is 6.81. The molecule has 2 aromatic carbocycles. The number of para-hydroxylation sites is 1. The molecule has 104 valence electrons. The van der Waals surface area contributed by atoms with Gasteiger partial charge in [0.15, 0.2) is 0 Å². The van der Waals surface area contributed by atoms with Crippen molar-refractivity contribution >= 4 is 39.3 Å². The van der Waals surface area contributed by atoms with Gasteiger partial charge >= 0.3 is 0 Å². The summed E-state index contributed by atoms with van der Waals surface area (Å²) >= 11 is 4.98. The number of carbonyl (C=O) groups excluding carboxylic acids is 1. The highest BCUT2D eigenvalue weighted by atomic mass is 79.9. The fourth-order valence-corrected chi connectivity index (χ4v) is 2.84. The van der Waals surface area contributed by atoms with E-state index in [1.807, 2.05) is 30.5 Å². The summed E-state index contributed by atoms with van der Waals surface area (Å²) in [6, 6.07) is 13.0. The normalized spacial score (nSPS) is 10.2. The Labute approximate surface area is 130 Å². The van der Waals surface area contributed by atoms with E-state index in [1.54, 1.807) is 37.1 Å². The molecule has 0 unspecified atom stereocenters. The molecular formula is C15H14BrNO2S. The quantitative estimate of drug-likeness (QED) is 0.828. The molecule has 1 amide bonds. The third-order valence-corrected chi connectivity index (χ3v) is 4.18. The Balaban J connectivity index is 2.22. The molecule has 0 saturated carbocycles. The zero-order chi connectivity index (χ0) is 14.5. The number of anilines is 1. The van der Waals surface area contributed by atoms with Crippen LogP contribution in [0.15, 0.2) is 51.8 Å². The number of thioether (sulfide) groups is 1. The Kier molecular flexibility index (Phi) is 5.09. The summed E-state index contributed by atoms with van der Waals surface area (Å²) in [6.07, 6.45) is 1.98. The second-order valence-electron chi connectivity index (χ2n) is 4.00. The van der Waals surface area contributed by atoms with Gasteiger partial charge in [0.05, 0.1) is 17.3 Å². The van der Waals surface area contributed by atoms with Gasteiger partial charge in [-0.15, -0.1) is 11.8 Å². The number of amides is 1.